The maximum atomic E-state index is 12.7. The molecule has 2 rings (SSSR count). The third-order valence-electron chi connectivity index (χ3n) is 3.58. The summed E-state index contributed by atoms with van der Waals surface area (Å²) in [7, 11) is 0. The molecule has 4 nitrogen and oxygen atoms in total. The lowest BCUT2D eigenvalue weighted by Crippen LogP contribution is -2.29. The van der Waals surface area contributed by atoms with Crippen LogP contribution in [0.15, 0.2) is 48.5 Å². The number of hydrogen-bond acceptors (Lipinski definition) is 3. The van der Waals surface area contributed by atoms with Crippen molar-refractivity contribution < 1.29 is 27.5 Å². The van der Waals surface area contributed by atoms with Gasteiger partial charge in [-0.1, -0.05) is 37.3 Å². The molecule has 0 aliphatic heterocycles. The van der Waals surface area contributed by atoms with E-state index in [0.29, 0.717) is 17.7 Å². The van der Waals surface area contributed by atoms with Gasteiger partial charge in [-0.2, -0.15) is 13.2 Å². The molecule has 0 bridgehead atoms. The van der Waals surface area contributed by atoms with E-state index in [9.17, 15) is 22.8 Å². The summed E-state index contributed by atoms with van der Waals surface area (Å²) < 4.78 is 43.0. The third-order valence-corrected chi connectivity index (χ3v) is 3.58. The number of esters is 1. The standard InChI is InChI=1S/C19H18F3NO3/c1-2-11-23-17(24)12-26-18(25)16-6-4-3-5-15(16)13-7-9-14(10-8-13)19(20,21)22/h3-10H,2,11-12H2,1H3,(H,23,24). The summed E-state index contributed by atoms with van der Waals surface area (Å²) in [5.74, 6) is -1.13. The van der Waals surface area contributed by atoms with E-state index in [1.54, 1.807) is 18.2 Å². The highest BCUT2D eigenvalue weighted by Crippen LogP contribution is 2.32. The molecule has 0 spiro atoms. The highest BCUT2D eigenvalue weighted by atomic mass is 19.4. The van der Waals surface area contributed by atoms with Crippen LogP contribution < -0.4 is 5.32 Å². The van der Waals surface area contributed by atoms with Gasteiger partial charge in [0.05, 0.1) is 11.1 Å². The van der Waals surface area contributed by atoms with Crippen molar-refractivity contribution >= 4 is 11.9 Å². The van der Waals surface area contributed by atoms with E-state index in [4.69, 9.17) is 4.74 Å². The van der Waals surface area contributed by atoms with Gasteiger partial charge in [-0.3, -0.25) is 4.79 Å². The largest absolute Gasteiger partial charge is 0.452 e. The Balaban J connectivity index is 2.17. The zero-order valence-corrected chi connectivity index (χ0v) is 14.1. The van der Waals surface area contributed by atoms with Gasteiger partial charge in [0.15, 0.2) is 6.61 Å². The summed E-state index contributed by atoms with van der Waals surface area (Å²) in [6.45, 7) is 1.96. The van der Waals surface area contributed by atoms with Crippen LogP contribution in [0.5, 0.6) is 0 Å². The highest BCUT2D eigenvalue weighted by molar-refractivity contribution is 5.98. The van der Waals surface area contributed by atoms with Crippen molar-refractivity contribution in [2.75, 3.05) is 13.2 Å². The minimum atomic E-state index is -4.43. The Morgan fingerprint density at radius 1 is 1.04 bits per heavy atom. The second-order valence-electron chi connectivity index (χ2n) is 5.55. The Hall–Kier alpha value is -2.83. The Morgan fingerprint density at radius 3 is 2.31 bits per heavy atom. The smallest absolute Gasteiger partial charge is 0.416 e. The fraction of sp³-hybridized carbons (Fsp3) is 0.263. The third kappa shape index (κ3) is 5.08. The van der Waals surface area contributed by atoms with Gasteiger partial charge in [-0.25, -0.2) is 4.79 Å². The number of halogens is 3. The normalized spacial score (nSPS) is 11.1. The van der Waals surface area contributed by atoms with E-state index < -0.39 is 30.2 Å². The molecule has 7 heteroatoms. The summed E-state index contributed by atoms with van der Waals surface area (Å²) in [5.41, 5.74) is 0.283. The van der Waals surface area contributed by atoms with Gasteiger partial charge in [0.25, 0.3) is 5.91 Å². The highest BCUT2D eigenvalue weighted by Gasteiger charge is 2.30. The van der Waals surface area contributed by atoms with Crippen LogP contribution >= 0.6 is 0 Å². The molecule has 2 aromatic rings. The number of benzene rings is 2. The molecule has 1 N–H and O–H groups in total. The molecular weight excluding hydrogens is 347 g/mol. The zero-order valence-electron chi connectivity index (χ0n) is 14.1. The molecule has 0 saturated carbocycles. The van der Waals surface area contributed by atoms with Crippen LogP contribution in [0.1, 0.15) is 29.3 Å². The van der Waals surface area contributed by atoms with Crippen molar-refractivity contribution in [2.24, 2.45) is 0 Å². The van der Waals surface area contributed by atoms with Crippen molar-refractivity contribution in [2.45, 2.75) is 19.5 Å². The average molecular weight is 365 g/mol. The molecule has 0 aliphatic rings. The lowest BCUT2D eigenvalue weighted by Gasteiger charge is -2.11. The summed E-state index contributed by atoms with van der Waals surface area (Å²) >= 11 is 0. The molecule has 26 heavy (non-hydrogen) atoms. The molecule has 0 atom stereocenters. The van der Waals surface area contributed by atoms with Crippen LogP contribution in [0.2, 0.25) is 0 Å². The summed E-state index contributed by atoms with van der Waals surface area (Å²) in [5, 5.41) is 2.58. The second kappa shape index (κ2) is 8.51. The molecule has 0 aliphatic carbocycles. The van der Waals surface area contributed by atoms with Crippen LogP contribution in [-0.2, 0) is 15.7 Å². The maximum Gasteiger partial charge on any atom is 0.416 e. The van der Waals surface area contributed by atoms with Gasteiger partial charge in [0, 0.05) is 6.54 Å². The van der Waals surface area contributed by atoms with Gasteiger partial charge in [0.1, 0.15) is 0 Å². The van der Waals surface area contributed by atoms with E-state index in [1.807, 2.05) is 6.92 Å². The molecule has 0 unspecified atom stereocenters. The van der Waals surface area contributed by atoms with Crippen molar-refractivity contribution in [3.63, 3.8) is 0 Å². The van der Waals surface area contributed by atoms with Crippen LogP contribution in [0, 0.1) is 0 Å². The molecule has 0 radical (unpaired) electrons. The van der Waals surface area contributed by atoms with E-state index >= 15 is 0 Å². The van der Waals surface area contributed by atoms with Gasteiger partial charge < -0.3 is 10.1 Å². The summed E-state index contributed by atoms with van der Waals surface area (Å²) in [6, 6.07) is 10.9. The Morgan fingerprint density at radius 2 is 1.69 bits per heavy atom. The number of carbonyl (C=O) groups is 2. The van der Waals surface area contributed by atoms with Gasteiger partial charge in [-0.05, 0) is 35.7 Å². The minimum Gasteiger partial charge on any atom is -0.452 e. The van der Waals surface area contributed by atoms with Crippen LogP contribution in [0.4, 0.5) is 13.2 Å². The van der Waals surface area contributed by atoms with Crippen LogP contribution in [-0.4, -0.2) is 25.0 Å². The number of rotatable bonds is 6. The van der Waals surface area contributed by atoms with Crippen molar-refractivity contribution in [1.82, 2.24) is 5.32 Å². The number of ether oxygens (including phenoxy) is 1. The Bertz CT molecular complexity index is 770. The molecule has 1 amide bonds. The average Bonchev–Trinajstić information content (AvgIpc) is 2.63. The van der Waals surface area contributed by atoms with Gasteiger partial charge in [0.2, 0.25) is 0 Å². The monoisotopic (exact) mass is 365 g/mol. The molecule has 138 valence electrons. The van der Waals surface area contributed by atoms with Crippen molar-refractivity contribution in [3.05, 3.63) is 59.7 Å². The first-order chi connectivity index (χ1) is 12.3. The fourth-order valence-corrected chi connectivity index (χ4v) is 2.28. The predicted octanol–water partition coefficient (Wildman–Crippen LogP) is 4.06. The maximum absolute atomic E-state index is 12.7. The predicted molar refractivity (Wildman–Crippen MR) is 90.5 cm³/mol. The fourth-order valence-electron chi connectivity index (χ4n) is 2.28. The number of alkyl halides is 3. The van der Waals surface area contributed by atoms with Crippen LogP contribution in [0.25, 0.3) is 11.1 Å². The molecule has 0 aromatic heterocycles. The quantitative estimate of drug-likeness (QED) is 0.786. The Kier molecular flexibility index (Phi) is 6.38. The Labute approximate surface area is 149 Å². The number of hydrogen-bond donors (Lipinski definition) is 1. The first-order valence-electron chi connectivity index (χ1n) is 8.03. The first-order valence-corrected chi connectivity index (χ1v) is 8.03. The minimum absolute atomic E-state index is 0.176. The molecule has 0 fully saturated rings. The van der Waals surface area contributed by atoms with E-state index in [0.717, 1.165) is 18.6 Å². The van der Waals surface area contributed by atoms with E-state index in [-0.39, 0.29) is 5.56 Å². The molecular formula is C19H18F3NO3. The molecule has 0 saturated heterocycles. The number of carbonyl (C=O) groups excluding carboxylic acids is 2. The van der Waals surface area contributed by atoms with Crippen LogP contribution in [0.3, 0.4) is 0 Å². The van der Waals surface area contributed by atoms with Gasteiger partial charge >= 0.3 is 12.1 Å². The van der Waals surface area contributed by atoms with E-state index in [2.05, 4.69) is 5.32 Å². The number of nitrogens with one attached hydrogen (secondary N) is 1. The van der Waals surface area contributed by atoms with E-state index in [1.165, 1.54) is 18.2 Å². The lowest BCUT2D eigenvalue weighted by molar-refractivity contribution is -0.137. The SMILES string of the molecule is CCCNC(=O)COC(=O)c1ccccc1-c1ccc(C(F)(F)F)cc1. The topological polar surface area (TPSA) is 55.4 Å². The summed E-state index contributed by atoms with van der Waals surface area (Å²) in [6.07, 6.45) is -3.67. The zero-order chi connectivity index (χ0) is 19.2. The molecule has 2 aromatic carbocycles. The number of amides is 1. The molecule has 0 heterocycles. The lowest BCUT2D eigenvalue weighted by atomic mass is 9.98. The van der Waals surface area contributed by atoms with Crippen molar-refractivity contribution in [3.8, 4) is 11.1 Å². The van der Waals surface area contributed by atoms with Crippen molar-refractivity contribution in [1.29, 1.82) is 0 Å². The summed E-state index contributed by atoms with van der Waals surface area (Å²) in [4.78, 5) is 23.8. The second-order valence-corrected chi connectivity index (χ2v) is 5.55. The first kappa shape index (κ1) is 19.5. The van der Waals surface area contributed by atoms with Gasteiger partial charge in [-0.15, -0.1) is 0 Å².